The van der Waals surface area contributed by atoms with E-state index in [0.29, 0.717) is 34.1 Å². The van der Waals surface area contributed by atoms with Gasteiger partial charge in [-0.3, -0.25) is 14.4 Å². The number of nitrogens with one attached hydrogen (secondary N) is 2. The molecule has 0 aromatic heterocycles. The Labute approximate surface area is 225 Å². The molecule has 0 bridgehead atoms. The first kappa shape index (κ1) is 28.1. The molecule has 38 heavy (non-hydrogen) atoms. The van der Waals surface area contributed by atoms with Gasteiger partial charge in [-0.15, -0.1) is 11.8 Å². The smallest absolute Gasteiger partial charge is 0.315 e. The Morgan fingerprint density at radius 2 is 1.47 bits per heavy atom. The highest BCUT2D eigenvalue weighted by molar-refractivity contribution is 8.00. The van der Waals surface area contributed by atoms with E-state index in [1.54, 1.807) is 66.7 Å². The van der Waals surface area contributed by atoms with Crippen molar-refractivity contribution in [1.29, 1.82) is 0 Å². The molecule has 0 aliphatic heterocycles. The van der Waals surface area contributed by atoms with Crippen molar-refractivity contribution in [3.8, 4) is 17.2 Å². The van der Waals surface area contributed by atoms with Crippen molar-refractivity contribution in [1.82, 2.24) is 5.32 Å². The second-order valence-electron chi connectivity index (χ2n) is 7.68. The highest BCUT2D eigenvalue weighted by Crippen LogP contribution is 2.38. The minimum absolute atomic E-state index is 0.00253. The SMILES string of the molecule is COC(=O)CSc1ccc(NC(=O)/C(=C/c2cc(OC)c(OC)c(OC)c2)NC(=O)c2ccccc2)cc1. The fraction of sp³-hybridized carbons (Fsp3) is 0.179. The average molecular weight is 537 g/mol. The minimum Gasteiger partial charge on any atom is -0.493 e. The third kappa shape index (κ3) is 7.53. The van der Waals surface area contributed by atoms with Crippen LogP contribution in [0.15, 0.2) is 77.3 Å². The number of amides is 2. The Balaban J connectivity index is 1.90. The third-order valence-corrected chi connectivity index (χ3v) is 6.21. The van der Waals surface area contributed by atoms with E-state index in [9.17, 15) is 14.4 Å². The van der Waals surface area contributed by atoms with Crippen molar-refractivity contribution in [2.24, 2.45) is 0 Å². The lowest BCUT2D eigenvalue weighted by Crippen LogP contribution is -2.30. The molecule has 3 aromatic rings. The fourth-order valence-electron chi connectivity index (χ4n) is 3.33. The molecule has 2 amide bonds. The molecule has 3 aromatic carbocycles. The summed E-state index contributed by atoms with van der Waals surface area (Å²) >= 11 is 1.32. The van der Waals surface area contributed by atoms with Gasteiger partial charge in [0.15, 0.2) is 11.5 Å². The average Bonchev–Trinajstić information content (AvgIpc) is 2.95. The van der Waals surface area contributed by atoms with Crippen LogP contribution in [0.1, 0.15) is 15.9 Å². The molecular weight excluding hydrogens is 508 g/mol. The molecule has 0 aliphatic carbocycles. The second kappa shape index (κ2) is 13.8. The summed E-state index contributed by atoms with van der Waals surface area (Å²) in [4.78, 5) is 38.4. The molecule has 0 saturated heterocycles. The van der Waals surface area contributed by atoms with Gasteiger partial charge < -0.3 is 29.6 Å². The zero-order valence-electron chi connectivity index (χ0n) is 21.4. The number of carbonyl (C=O) groups is 3. The zero-order chi connectivity index (χ0) is 27.5. The van der Waals surface area contributed by atoms with Gasteiger partial charge in [-0.25, -0.2) is 0 Å². The first-order valence-corrected chi connectivity index (χ1v) is 12.4. The van der Waals surface area contributed by atoms with E-state index in [4.69, 9.17) is 14.2 Å². The fourth-order valence-corrected chi connectivity index (χ4v) is 4.06. The first-order chi connectivity index (χ1) is 18.4. The lowest BCUT2D eigenvalue weighted by atomic mass is 10.1. The van der Waals surface area contributed by atoms with Crippen LogP contribution in [0.25, 0.3) is 6.08 Å². The van der Waals surface area contributed by atoms with Gasteiger partial charge >= 0.3 is 5.97 Å². The number of thioether (sulfide) groups is 1. The normalized spacial score (nSPS) is 10.8. The minimum atomic E-state index is -0.544. The number of esters is 1. The van der Waals surface area contributed by atoms with Gasteiger partial charge in [0, 0.05) is 16.1 Å². The number of carbonyl (C=O) groups excluding carboxylic acids is 3. The predicted octanol–water partition coefficient (Wildman–Crippen LogP) is 4.39. The maximum Gasteiger partial charge on any atom is 0.315 e. The highest BCUT2D eigenvalue weighted by Gasteiger charge is 2.18. The van der Waals surface area contributed by atoms with Crippen LogP contribution in [-0.2, 0) is 14.3 Å². The Morgan fingerprint density at radius 1 is 0.842 bits per heavy atom. The van der Waals surface area contributed by atoms with Crippen molar-refractivity contribution < 1.29 is 33.3 Å². The molecule has 10 heteroatoms. The summed E-state index contributed by atoms with van der Waals surface area (Å²) in [6, 6.07) is 18.8. The molecule has 0 heterocycles. The molecule has 0 saturated carbocycles. The van der Waals surface area contributed by atoms with Gasteiger partial charge in [-0.1, -0.05) is 18.2 Å². The number of rotatable bonds is 11. The number of benzene rings is 3. The summed E-state index contributed by atoms with van der Waals surface area (Å²) in [5.41, 5.74) is 1.43. The van der Waals surface area contributed by atoms with E-state index in [0.717, 1.165) is 4.90 Å². The van der Waals surface area contributed by atoms with E-state index in [1.165, 1.54) is 46.3 Å². The van der Waals surface area contributed by atoms with Crippen molar-refractivity contribution in [2.45, 2.75) is 4.90 Å². The summed E-state index contributed by atoms with van der Waals surface area (Å²) in [6.45, 7) is 0. The Morgan fingerprint density at radius 3 is 2.03 bits per heavy atom. The Bertz CT molecular complexity index is 1280. The molecule has 0 aliphatic rings. The molecule has 0 unspecified atom stereocenters. The zero-order valence-corrected chi connectivity index (χ0v) is 22.2. The van der Waals surface area contributed by atoms with Gasteiger partial charge in [0.1, 0.15) is 5.70 Å². The van der Waals surface area contributed by atoms with Crippen LogP contribution in [0.3, 0.4) is 0 Å². The molecule has 0 fully saturated rings. The van der Waals surface area contributed by atoms with Crippen molar-refractivity contribution in [3.05, 3.63) is 83.6 Å². The van der Waals surface area contributed by atoms with Crippen molar-refractivity contribution in [3.63, 3.8) is 0 Å². The number of ether oxygens (including phenoxy) is 4. The molecule has 3 rings (SSSR count). The topological polar surface area (TPSA) is 112 Å². The summed E-state index contributed by atoms with van der Waals surface area (Å²) in [5.74, 6) is 0.0429. The van der Waals surface area contributed by atoms with Crippen LogP contribution in [-0.4, -0.2) is 52.0 Å². The van der Waals surface area contributed by atoms with Crippen LogP contribution >= 0.6 is 11.8 Å². The Hall–Kier alpha value is -4.44. The largest absolute Gasteiger partial charge is 0.493 e. The van der Waals surface area contributed by atoms with Crippen LogP contribution < -0.4 is 24.8 Å². The van der Waals surface area contributed by atoms with E-state index >= 15 is 0 Å². The van der Waals surface area contributed by atoms with Gasteiger partial charge in [-0.2, -0.15) is 0 Å². The van der Waals surface area contributed by atoms with Crippen molar-refractivity contribution in [2.75, 3.05) is 39.5 Å². The highest BCUT2D eigenvalue weighted by atomic mass is 32.2. The van der Waals surface area contributed by atoms with E-state index in [2.05, 4.69) is 15.4 Å². The number of hydrogen-bond donors (Lipinski definition) is 2. The van der Waals surface area contributed by atoms with Gasteiger partial charge in [0.2, 0.25) is 5.75 Å². The standard InChI is InChI=1S/C28H28N2O7S/c1-34-23-15-18(16-24(35-2)26(23)37-4)14-22(30-27(32)19-8-6-5-7-9-19)28(33)29-20-10-12-21(13-11-20)38-17-25(31)36-3/h5-16H,17H2,1-4H3,(H,29,33)(H,30,32)/b22-14-. The molecule has 0 atom stereocenters. The van der Waals surface area contributed by atoms with Crippen LogP contribution in [0.4, 0.5) is 5.69 Å². The first-order valence-electron chi connectivity index (χ1n) is 11.4. The Kier molecular flexibility index (Phi) is 10.2. The summed E-state index contributed by atoms with van der Waals surface area (Å²) in [7, 11) is 5.81. The molecule has 198 valence electrons. The molecule has 9 nitrogen and oxygen atoms in total. The quantitative estimate of drug-likeness (QED) is 0.211. The summed E-state index contributed by atoms with van der Waals surface area (Å²) in [6.07, 6.45) is 1.52. The monoisotopic (exact) mass is 536 g/mol. The van der Waals surface area contributed by atoms with Crippen LogP contribution in [0.2, 0.25) is 0 Å². The van der Waals surface area contributed by atoms with Crippen LogP contribution in [0.5, 0.6) is 17.2 Å². The third-order valence-electron chi connectivity index (χ3n) is 5.22. The number of anilines is 1. The van der Waals surface area contributed by atoms with E-state index in [-0.39, 0.29) is 17.4 Å². The molecule has 2 N–H and O–H groups in total. The van der Waals surface area contributed by atoms with Crippen LogP contribution in [0, 0.1) is 0 Å². The maximum atomic E-state index is 13.3. The molecule has 0 radical (unpaired) electrons. The number of hydrogen-bond acceptors (Lipinski definition) is 8. The molecular formula is C28H28N2O7S. The van der Waals surface area contributed by atoms with Gasteiger partial charge in [-0.05, 0) is 60.2 Å². The second-order valence-corrected chi connectivity index (χ2v) is 8.73. The van der Waals surface area contributed by atoms with E-state index < -0.39 is 11.8 Å². The molecule has 0 spiro atoms. The lowest BCUT2D eigenvalue weighted by Gasteiger charge is -2.15. The number of methoxy groups -OCH3 is 4. The predicted molar refractivity (Wildman–Crippen MR) is 146 cm³/mol. The van der Waals surface area contributed by atoms with E-state index in [1.807, 2.05) is 0 Å². The van der Waals surface area contributed by atoms with Gasteiger partial charge in [0.25, 0.3) is 11.8 Å². The maximum absolute atomic E-state index is 13.3. The van der Waals surface area contributed by atoms with Crippen molar-refractivity contribution >= 4 is 41.3 Å². The summed E-state index contributed by atoms with van der Waals surface area (Å²) in [5, 5.41) is 5.49. The summed E-state index contributed by atoms with van der Waals surface area (Å²) < 4.78 is 20.8. The van der Waals surface area contributed by atoms with Gasteiger partial charge in [0.05, 0.1) is 34.2 Å². The lowest BCUT2D eigenvalue weighted by molar-refractivity contribution is -0.137.